The van der Waals surface area contributed by atoms with E-state index in [2.05, 4.69) is 25.6 Å². The fourth-order valence-corrected chi connectivity index (χ4v) is 1.35. The molecule has 1 heteroatoms. The van der Waals surface area contributed by atoms with E-state index in [0.717, 1.165) is 12.5 Å². The number of nitrogens with zero attached hydrogens (tertiary/aromatic N) is 1. The first-order valence-electron chi connectivity index (χ1n) is 4.73. The van der Waals surface area contributed by atoms with Gasteiger partial charge >= 0.3 is 0 Å². The molecule has 0 fully saturated rings. The van der Waals surface area contributed by atoms with Crippen LogP contribution in [0.15, 0.2) is 4.99 Å². The van der Waals surface area contributed by atoms with Gasteiger partial charge in [0, 0.05) is 6.54 Å². The zero-order valence-electron chi connectivity index (χ0n) is 7.97. The van der Waals surface area contributed by atoms with E-state index in [0.29, 0.717) is 0 Å². The molecule has 0 aromatic carbocycles. The fourth-order valence-electron chi connectivity index (χ4n) is 1.35. The normalized spacial score (nSPS) is 12.9. The molecule has 0 aliphatic heterocycles. The predicted molar refractivity (Wildman–Crippen MR) is 52.3 cm³/mol. The van der Waals surface area contributed by atoms with Gasteiger partial charge in [-0.1, -0.05) is 39.5 Å². The minimum absolute atomic E-state index is 0.907. The van der Waals surface area contributed by atoms with Gasteiger partial charge in [0.05, 0.1) is 0 Å². The van der Waals surface area contributed by atoms with E-state index in [1.165, 1.54) is 32.1 Å². The topological polar surface area (TPSA) is 12.4 Å². The first-order valence-corrected chi connectivity index (χ1v) is 4.73. The molecule has 1 nitrogen and oxygen atoms in total. The van der Waals surface area contributed by atoms with Gasteiger partial charge in [0.2, 0.25) is 0 Å². The van der Waals surface area contributed by atoms with Crippen molar-refractivity contribution in [2.75, 3.05) is 6.54 Å². The monoisotopic (exact) mass is 155 g/mol. The predicted octanol–water partition coefficient (Wildman–Crippen LogP) is 3.29. The second kappa shape index (κ2) is 7.77. The van der Waals surface area contributed by atoms with Gasteiger partial charge in [-0.15, -0.1) is 0 Å². The van der Waals surface area contributed by atoms with E-state index in [9.17, 15) is 0 Å². The maximum absolute atomic E-state index is 3.83. The molecule has 0 aliphatic carbocycles. The van der Waals surface area contributed by atoms with Gasteiger partial charge in [-0.2, -0.15) is 0 Å². The Kier molecular flexibility index (Phi) is 7.54. The Hall–Kier alpha value is -0.330. The van der Waals surface area contributed by atoms with Crippen molar-refractivity contribution in [3.63, 3.8) is 0 Å². The van der Waals surface area contributed by atoms with Crippen LogP contribution in [0.4, 0.5) is 0 Å². The molecule has 0 heterocycles. The number of rotatable bonds is 7. The van der Waals surface area contributed by atoms with Crippen molar-refractivity contribution in [1.82, 2.24) is 0 Å². The molecule has 0 N–H and O–H groups in total. The molecule has 0 amide bonds. The largest absolute Gasteiger partial charge is 0.301 e. The second-order valence-corrected chi connectivity index (χ2v) is 3.34. The van der Waals surface area contributed by atoms with E-state index in [1.807, 2.05) is 0 Å². The fraction of sp³-hybridized carbons (Fsp3) is 0.900. The van der Waals surface area contributed by atoms with Crippen molar-refractivity contribution in [2.24, 2.45) is 10.9 Å². The number of hydrogen-bond acceptors (Lipinski definition) is 1. The Bertz CT molecular complexity index is 88.9. The average molecular weight is 155 g/mol. The first kappa shape index (κ1) is 10.7. The SMILES string of the molecule is C=NCCCCC(C)CCC. The molecule has 0 bridgehead atoms. The molecule has 0 spiro atoms. The summed E-state index contributed by atoms with van der Waals surface area (Å²) in [5.74, 6) is 0.907. The third-order valence-corrected chi connectivity index (χ3v) is 2.04. The Morgan fingerprint density at radius 3 is 2.55 bits per heavy atom. The molecule has 0 aliphatic rings. The van der Waals surface area contributed by atoms with Crippen LogP contribution in [0, 0.1) is 5.92 Å². The standard InChI is InChI=1S/C10H21N/c1-4-7-10(2)8-5-6-9-11-3/h10H,3-9H2,1-2H3. The zero-order chi connectivity index (χ0) is 8.53. The second-order valence-electron chi connectivity index (χ2n) is 3.34. The van der Waals surface area contributed by atoms with Gasteiger partial charge in [-0.25, -0.2) is 0 Å². The Morgan fingerprint density at radius 1 is 1.27 bits per heavy atom. The maximum atomic E-state index is 3.83. The van der Waals surface area contributed by atoms with Crippen LogP contribution in [0.2, 0.25) is 0 Å². The van der Waals surface area contributed by atoms with Crippen molar-refractivity contribution < 1.29 is 0 Å². The smallest absolute Gasteiger partial charge is 0.0382 e. The lowest BCUT2D eigenvalue weighted by molar-refractivity contribution is 0.463. The van der Waals surface area contributed by atoms with Crippen molar-refractivity contribution in [1.29, 1.82) is 0 Å². The van der Waals surface area contributed by atoms with Crippen LogP contribution in [-0.2, 0) is 0 Å². The van der Waals surface area contributed by atoms with Crippen LogP contribution in [0.25, 0.3) is 0 Å². The van der Waals surface area contributed by atoms with Crippen LogP contribution in [-0.4, -0.2) is 13.3 Å². The highest BCUT2D eigenvalue weighted by molar-refractivity contribution is 5.22. The van der Waals surface area contributed by atoms with Crippen LogP contribution >= 0.6 is 0 Å². The van der Waals surface area contributed by atoms with Gasteiger partial charge in [-0.05, 0) is 19.1 Å². The summed E-state index contributed by atoms with van der Waals surface area (Å²) in [6.07, 6.45) is 6.60. The highest BCUT2D eigenvalue weighted by Gasteiger charge is 1.98. The zero-order valence-corrected chi connectivity index (χ0v) is 7.97. The Morgan fingerprint density at radius 2 is 2.00 bits per heavy atom. The van der Waals surface area contributed by atoms with Crippen LogP contribution in [0.5, 0.6) is 0 Å². The van der Waals surface area contributed by atoms with E-state index in [4.69, 9.17) is 0 Å². The Balaban J connectivity index is 3.03. The molecule has 0 saturated carbocycles. The lowest BCUT2D eigenvalue weighted by atomic mass is 9.99. The highest BCUT2D eigenvalue weighted by atomic mass is 14.7. The summed E-state index contributed by atoms with van der Waals surface area (Å²) in [4.78, 5) is 3.83. The minimum Gasteiger partial charge on any atom is -0.301 e. The summed E-state index contributed by atoms with van der Waals surface area (Å²) >= 11 is 0. The maximum Gasteiger partial charge on any atom is 0.0382 e. The van der Waals surface area contributed by atoms with Gasteiger partial charge in [0.15, 0.2) is 0 Å². The quantitative estimate of drug-likeness (QED) is 0.395. The van der Waals surface area contributed by atoms with Gasteiger partial charge in [-0.3, -0.25) is 0 Å². The van der Waals surface area contributed by atoms with Crippen molar-refractivity contribution in [2.45, 2.75) is 46.0 Å². The van der Waals surface area contributed by atoms with Gasteiger partial charge < -0.3 is 4.99 Å². The van der Waals surface area contributed by atoms with Crippen molar-refractivity contribution >= 4 is 6.72 Å². The summed E-state index contributed by atoms with van der Waals surface area (Å²) < 4.78 is 0. The van der Waals surface area contributed by atoms with Crippen molar-refractivity contribution in [3.05, 3.63) is 0 Å². The van der Waals surface area contributed by atoms with E-state index >= 15 is 0 Å². The third-order valence-electron chi connectivity index (χ3n) is 2.04. The lowest BCUT2D eigenvalue weighted by Gasteiger charge is -2.07. The molecule has 66 valence electrons. The molecule has 0 radical (unpaired) electrons. The van der Waals surface area contributed by atoms with Crippen LogP contribution in [0.3, 0.4) is 0 Å². The average Bonchev–Trinajstić information content (AvgIpc) is 1.99. The van der Waals surface area contributed by atoms with E-state index in [-0.39, 0.29) is 0 Å². The van der Waals surface area contributed by atoms with Crippen LogP contribution < -0.4 is 0 Å². The minimum atomic E-state index is 0.907. The molecular formula is C10H21N. The molecule has 1 unspecified atom stereocenters. The van der Waals surface area contributed by atoms with Crippen LogP contribution in [0.1, 0.15) is 46.0 Å². The molecule has 1 atom stereocenters. The molecule has 0 rings (SSSR count). The summed E-state index contributed by atoms with van der Waals surface area (Å²) in [7, 11) is 0. The molecular weight excluding hydrogens is 134 g/mol. The van der Waals surface area contributed by atoms with Crippen molar-refractivity contribution in [3.8, 4) is 0 Å². The Labute approximate surface area is 70.9 Å². The van der Waals surface area contributed by atoms with E-state index in [1.54, 1.807) is 0 Å². The number of aliphatic imine (C=N–C) groups is 1. The number of hydrogen-bond donors (Lipinski definition) is 0. The lowest BCUT2D eigenvalue weighted by Crippen LogP contribution is -1.94. The summed E-state index contributed by atoms with van der Waals surface area (Å²) in [6.45, 7) is 9.00. The summed E-state index contributed by atoms with van der Waals surface area (Å²) in [5.41, 5.74) is 0. The molecule has 0 aromatic heterocycles. The van der Waals surface area contributed by atoms with Gasteiger partial charge in [0.1, 0.15) is 0 Å². The van der Waals surface area contributed by atoms with Gasteiger partial charge in [0.25, 0.3) is 0 Å². The summed E-state index contributed by atoms with van der Waals surface area (Å²) in [5, 5.41) is 0. The van der Waals surface area contributed by atoms with E-state index < -0.39 is 0 Å². The molecule has 0 saturated heterocycles. The third kappa shape index (κ3) is 7.57. The highest BCUT2D eigenvalue weighted by Crippen LogP contribution is 2.13. The molecule has 0 aromatic rings. The molecule has 11 heavy (non-hydrogen) atoms. The number of unbranched alkanes of at least 4 members (excludes halogenated alkanes) is 1. The first-order chi connectivity index (χ1) is 5.31. The summed E-state index contributed by atoms with van der Waals surface area (Å²) in [6, 6.07) is 0.